The van der Waals surface area contributed by atoms with E-state index in [9.17, 15) is 9.59 Å². The zero-order valence-electron chi connectivity index (χ0n) is 13.0. The second-order valence-electron chi connectivity index (χ2n) is 5.53. The third kappa shape index (κ3) is 4.07. The quantitative estimate of drug-likeness (QED) is 0.879. The minimum absolute atomic E-state index is 0.108. The predicted molar refractivity (Wildman–Crippen MR) is 88.8 cm³/mol. The van der Waals surface area contributed by atoms with Gasteiger partial charge < -0.3 is 11.1 Å². The lowest BCUT2D eigenvalue weighted by atomic mass is 9.91. The molecule has 6 heteroatoms. The Morgan fingerprint density at radius 3 is 2.61 bits per heavy atom. The molecule has 2 rings (SSSR count). The molecule has 0 saturated carbocycles. The number of hydrogen-bond acceptors (Lipinski definition) is 3. The number of aromatic nitrogens is 1. The van der Waals surface area contributed by atoms with Gasteiger partial charge in [-0.05, 0) is 43.2 Å². The predicted octanol–water partition coefficient (Wildman–Crippen LogP) is 2.10. The number of halogens is 1. The molecule has 5 nitrogen and oxygen atoms in total. The third-order valence-corrected chi connectivity index (χ3v) is 3.86. The molecule has 1 atom stereocenters. The van der Waals surface area contributed by atoms with Crippen molar-refractivity contribution in [3.63, 3.8) is 0 Å². The lowest BCUT2D eigenvalue weighted by Crippen LogP contribution is -2.53. The van der Waals surface area contributed by atoms with Crippen molar-refractivity contribution in [1.82, 2.24) is 10.3 Å². The monoisotopic (exact) mass is 331 g/mol. The molecular formula is C17H18ClN3O2. The highest BCUT2D eigenvalue weighted by atomic mass is 35.5. The topological polar surface area (TPSA) is 85.1 Å². The summed E-state index contributed by atoms with van der Waals surface area (Å²) < 4.78 is 0. The smallest absolute Gasteiger partial charge is 0.247 e. The minimum Gasteiger partial charge on any atom is -0.367 e. The van der Waals surface area contributed by atoms with Gasteiger partial charge in [-0.2, -0.15) is 0 Å². The lowest BCUT2D eigenvalue weighted by molar-refractivity contribution is -0.131. The van der Waals surface area contributed by atoms with Crippen molar-refractivity contribution < 1.29 is 9.59 Å². The largest absolute Gasteiger partial charge is 0.367 e. The summed E-state index contributed by atoms with van der Waals surface area (Å²) in [5, 5.41) is 3.16. The summed E-state index contributed by atoms with van der Waals surface area (Å²) in [4.78, 5) is 28.4. The van der Waals surface area contributed by atoms with E-state index in [0.717, 1.165) is 11.3 Å². The summed E-state index contributed by atoms with van der Waals surface area (Å²) in [6.45, 7) is 3.43. The first-order chi connectivity index (χ1) is 10.8. The molecule has 1 unspecified atom stereocenters. The average Bonchev–Trinajstić information content (AvgIpc) is 2.49. The van der Waals surface area contributed by atoms with E-state index in [1.165, 1.54) is 0 Å². The van der Waals surface area contributed by atoms with Crippen LogP contribution in [0.4, 0.5) is 0 Å². The molecule has 0 aliphatic carbocycles. The number of nitrogens with one attached hydrogen (secondary N) is 1. The standard InChI is InChI=1S/C17H18ClN3O2/c1-11-6-7-12(10-20-11)8-15(22)21-17(2,16(19)23)13-4-3-5-14(18)9-13/h3-7,9-10H,8H2,1-2H3,(H2,19,23)(H,21,22). The van der Waals surface area contributed by atoms with Crippen molar-refractivity contribution in [3.8, 4) is 0 Å². The van der Waals surface area contributed by atoms with Gasteiger partial charge in [0, 0.05) is 16.9 Å². The van der Waals surface area contributed by atoms with Gasteiger partial charge in [0.05, 0.1) is 6.42 Å². The zero-order chi connectivity index (χ0) is 17.0. The van der Waals surface area contributed by atoms with E-state index in [0.29, 0.717) is 10.6 Å². The fourth-order valence-corrected chi connectivity index (χ4v) is 2.38. The average molecular weight is 332 g/mol. The van der Waals surface area contributed by atoms with Crippen LogP contribution in [-0.4, -0.2) is 16.8 Å². The first-order valence-electron chi connectivity index (χ1n) is 7.10. The van der Waals surface area contributed by atoms with E-state index in [-0.39, 0.29) is 12.3 Å². The van der Waals surface area contributed by atoms with Crippen LogP contribution in [0.5, 0.6) is 0 Å². The molecule has 3 N–H and O–H groups in total. The summed E-state index contributed by atoms with van der Waals surface area (Å²) in [5.74, 6) is -0.980. The van der Waals surface area contributed by atoms with Gasteiger partial charge in [0.15, 0.2) is 0 Å². The molecule has 1 aromatic carbocycles. The summed E-state index contributed by atoms with van der Waals surface area (Å²) >= 11 is 5.96. The van der Waals surface area contributed by atoms with E-state index >= 15 is 0 Å². The highest BCUT2D eigenvalue weighted by molar-refractivity contribution is 6.30. The lowest BCUT2D eigenvalue weighted by Gasteiger charge is -2.28. The molecule has 1 aromatic heterocycles. The van der Waals surface area contributed by atoms with Gasteiger partial charge in [-0.25, -0.2) is 0 Å². The Balaban J connectivity index is 2.20. The number of amides is 2. The Bertz CT molecular complexity index is 731. The van der Waals surface area contributed by atoms with Crippen molar-refractivity contribution in [2.45, 2.75) is 25.8 Å². The molecule has 0 aliphatic rings. The number of benzene rings is 1. The number of nitrogens with zero attached hydrogens (tertiary/aromatic N) is 1. The number of nitrogens with two attached hydrogens (primary N) is 1. The van der Waals surface area contributed by atoms with Gasteiger partial charge in [0.1, 0.15) is 5.54 Å². The molecule has 0 bridgehead atoms. The van der Waals surface area contributed by atoms with Crippen LogP contribution < -0.4 is 11.1 Å². The van der Waals surface area contributed by atoms with E-state index in [1.807, 2.05) is 19.1 Å². The zero-order valence-corrected chi connectivity index (χ0v) is 13.7. The maximum Gasteiger partial charge on any atom is 0.247 e. The van der Waals surface area contributed by atoms with Gasteiger partial charge >= 0.3 is 0 Å². The molecule has 0 saturated heterocycles. The van der Waals surface area contributed by atoms with Gasteiger partial charge in [0.2, 0.25) is 11.8 Å². The van der Waals surface area contributed by atoms with Crippen LogP contribution in [0.2, 0.25) is 5.02 Å². The number of aryl methyl sites for hydroxylation is 1. The Kier molecular flexibility index (Phi) is 5.01. The molecule has 2 amide bonds. The van der Waals surface area contributed by atoms with Crippen molar-refractivity contribution in [2.75, 3.05) is 0 Å². The van der Waals surface area contributed by atoms with E-state index in [2.05, 4.69) is 10.3 Å². The van der Waals surface area contributed by atoms with E-state index < -0.39 is 11.4 Å². The van der Waals surface area contributed by atoms with Gasteiger partial charge in [-0.15, -0.1) is 0 Å². The number of carbonyl (C=O) groups is 2. The third-order valence-electron chi connectivity index (χ3n) is 3.62. The fraction of sp³-hybridized carbons (Fsp3) is 0.235. The summed E-state index contributed by atoms with van der Waals surface area (Å²) in [7, 11) is 0. The Hall–Kier alpha value is -2.40. The fourth-order valence-electron chi connectivity index (χ4n) is 2.19. The van der Waals surface area contributed by atoms with E-state index in [1.54, 1.807) is 37.4 Å². The van der Waals surface area contributed by atoms with Crippen molar-refractivity contribution in [3.05, 3.63) is 64.4 Å². The maximum atomic E-state index is 12.3. The van der Waals surface area contributed by atoms with Gasteiger partial charge in [-0.1, -0.05) is 29.8 Å². The first-order valence-corrected chi connectivity index (χ1v) is 7.47. The minimum atomic E-state index is -1.33. The number of pyridine rings is 1. The molecule has 120 valence electrons. The van der Waals surface area contributed by atoms with Gasteiger partial charge in [-0.3, -0.25) is 14.6 Å². The van der Waals surface area contributed by atoms with Crippen molar-refractivity contribution in [1.29, 1.82) is 0 Å². The molecule has 0 fully saturated rings. The van der Waals surface area contributed by atoms with Crippen LogP contribution in [-0.2, 0) is 21.5 Å². The number of carbonyl (C=O) groups excluding carboxylic acids is 2. The molecule has 2 aromatic rings. The van der Waals surface area contributed by atoms with Crippen LogP contribution >= 0.6 is 11.6 Å². The highest BCUT2D eigenvalue weighted by Crippen LogP contribution is 2.23. The Morgan fingerprint density at radius 1 is 1.30 bits per heavy atom. The van der Waals surface area contributed by atoms with Gasteiger partial charge in [0.25, 0.3) is 0 Å². The Morgan fingerprint density at radius 2 is 2.04 bits per heavy atom. The second-order valence-corrected chi connectivity index (χ2v) is 5.97. The normalized spacial score (nSPS) is 13.2. The molecule has 23 heavy (non-hydrogen) atoms. The van der Waals surface area contributed by atoms with Crippen LogP contribution in [0, 0.1) is 6.92 Å². The first kappa shape index (κ1) is 17.0. The summed E-state index contributed by atoms with van der Waals surface area (Å²) in [6, 6.07) is 10.3. The van der Waals surface area contributed by atoms with Crippen molar-refractivity contribution in [2.24, 2.45) is 5.73 Å². The van der Waals surface area contributed by atoms with E-state index in [4.69, 9.17) is 17.3 Å². The molecule has 0 aliphatic heterocycles. The molecule has 0 radical (unpaired) electrons. The SMILES string of the molecule is Cc1ccc(CC(=O)NC(C)(C(N)=O)c2cccc(Cl)c2)cn1. The summed E-state index contributed by atoms with van der Waals surface area (Å²) in [6.07, 6.45) is 1.74. The molecule has 0 spiro atoms. The van der Waals surface area contributed by atoms with Crippen LogP contribution in [0.15, 0.2) is 42.6 Å². The van der Waals surface area contributed by atoms with Crippen LogP contribution in [0.3, 0.4) is 0 Å². The number of hydrogen-bond donors (Lipinski definition) is 2. The van der Waals surface area contributed by atoms with Crippen molar-refractivity contribution >= 4 is 23.4 Å². The molecular weight excluding hydrogens is 314 g/mol. The van der Waals surface area contributed by atoms with Crippen LogP contribution in [0.25, 0.3) is 0 Å². The summed E-state index contributed by atoms with van der Waals surface area (Å²) in [5.41, 5.74) is 6.33. The molecule has 1 heterocycles. The van der Waals surface area contributed by atoms with Crippen LogP contribution in [0.1, 0.15) is 23.7 Å². The maximum absolute atomic E-state index is 12.3. The Labute approximate surface area is 139 Å². The number of primary amides is 1. The second kappa shape index (κ2) is 6.79. The highest BCUT2D eigenvalue weighted by Gasteiger charge is 2.35. The number of rotatable bonds is 5.